The van der Waals surface area contributed by atoms with Crippen LogP contribution in [-0.2, 0) is 9.59 Å². The minimum Gasteiger partial charge on any atom is -0.310 e. The van der Waals surface area contributed by atoms with Crippen molar-refractivity contribution in [2.24, 2.45) is 5.41 Å². The van der Waals surface area contributed by atoms with Crippen LogP contribution < -0.4 is 10.6 Å². The molecule has 0 radical (unpaired) electrons. The number of unbranched alkanes of at least 4 members (excludes halogenated alkanes) is 1. The highest BCUT2D eigenvalue weighted by Crippen LogP contribution is 2.32. The predicted molar refractivity (Wildman–Crippen MR) is 117 cm³/mol. The Morgan fingerprint density at radius 2 is 1.28 bits per heavy atom. The van der Waals surface area contributed by atoms with E-state index in [1.165, 1.54) is 0 Å². The zero-order chi connectivity index (χ0) is 21.6. The third-order valence-electron chi connectivity index (χ3n) is 5.11. The first-order valence-electron chi connectivity index (χ1n) is 10.2. The van der Waals surface area contributed by atoms with Crippen LogP contribution >= 0.6 is 0 Å². The molecule has 2 rings (SSSR count). The molecule has 0 atom stereocenters. The zero-order valence-electron chi connectivity index (χ0n) is 18.3. The predicted octanol–water partition coefficient (Wildman–Crippen LogP) is 4.87. The van der Waals surface area contributed by atoms with Gasteiger partial charge in [0.25, 0.3) is 0 Å². The maximum atomic E-state index is 13.3. The van der Waals surface area contributed by atoms with Gasteiger partial charge < -0.3 is 10.6 Å². The number of nitrogens with one attached hydrogen (secondary N) is 2. The summed E-state index contributed by atoms with van der Waals surface area (Å²) in [6.45, 7) is 11.6. The van der Waals surface area contributed by atoms with E-state index in [1.807, 2.05) is 65.8 Å². The summed E-state index contributed by atoms with van der Waals surface area (Å²) in [5.74, 6) is 0.291. The summed E-state index contributed by atoms with van der Waals surface area (Å²) in [6, 6.07) is 7.51. The number of anilines is 2. The van der Waals surface area contributed by atoms with Gasteiger partial charge in [0, 0.05) is 11.4 Å². The molecule has 6 heteroatoms. The minimum absolute atomic E-state index is 0.326. The first kappa shape index (κ1) is 22.5. The number of hydrogen-bond donors (Lipinski definition) is 2. The molecule has 0 aliphatic heterocycles. The van der Waals surface area contributed by atoms with E-state index in [9.17, 15) is 9.59 Å². The Morgan fingerprint density at radius 1 is 0.828 bits per heavy atom. The van der Waals surface area contributed by atoms with Crippen molar-refractivity contribution >= 4 is 23.5 Å². The topological polar surface area (TPSA) is 84.0 Å². The van der Waals surface area contributed by atoms with Gasteiger partial charge in [-0.05, 0) is 75.9 Å². The molecule has 2 aromatic rings. The van der Waals surface area contributed by atoms with E-state index in [0.29, 0.717) is 24.5 Å². The van der Waals surface area contributed by atoms with Gasteiger partial charge in [0.05, 0.1) is 0 Å². The Kier molecular flexibility index (Phi) is 7.48. The maximum Gasteiger partial charge on any atom is 0.241 e. The summed E-state index contributed by atoms with van der Waals surface area (Å²) in [5, 5.41) is 5.76. The Bertz CT molecular complexity index is 786. The summed E-state index contributed by atoms with van der Waals surface area (Å²) >= 11 is 0. The lowest BCUT2D eigenvalue weighted by Gasteiger charge is -2.30. The molecule has 0 aromatic carbocycles. The molecule has 0 aliphatic carbocycles. The van der Waals surface area contributed by atoms with E-state index in [1.54, 1.807) is 0 Å². The van der Waals surface area contributed by atoms with E-state index in [2.05, 4.69) is 20.6 Å². The lowest BCUT2D eigenvalue weighted by atomic mass is 9.78. The minimum atomic E-state index is -1.19. The quantitative estimate of drug-likeness (QED) is 0.623. The largest absolute Gasteiger partial charge is 0.310 e. The Hall–Kier alpha value is -2.76. The molecule has 6 nitrogen and oxygen atoms in total. The second-order valence-corrected chi connectivity index (χ2v) is 7.79. The normalized spacial score (nSPS) is 11.2. The van der Waals surface area contributed by atoms with Crippen LogP contribution in [0.4, 0.5) is 11.6 Å². The number of hydrogen-bond acceptors (Lipinski definition) is 4. The molecule has 0 aliphatic rings. The van der Waals surface area contributed by atoms with Crippen LogP contribution in [0.15, 0.2) is 24.3 Å². The summed E-state index contributed by atoms with van der Waals surface area (Å²) in [4.78, 5) is 35.4. The summed E-state index contributed by atoms with van der Waals surface area (Å²) < 4.78 is 0. The summed E-state index contributed by atoms with van der Waals surface area (Å²) in [6.07, 6.45) is 2.52. The molecular weight excluding hydrogens is 364 g/mol. The van der Waals surface area contributed by atoms with Crippen molar-refractivity contribution in [1.82, 2.24) is 9.97 Å². The van der Waals surface area contributed by atoms with Crippen LogP contribution in [0.1, 0.15) is 62.0 Å². The number of nitrogens with zero attached hydrogens (tertiary/aromatic N) is 2. The molecule has 29 heavy (non-hydrogen) atoms. The number of aromatic nitrogens is 2. The smallest absolute Gasteiger partial charge is 0.241 e. The molecule has 2 aromatic heterocycles. The first-order chi connectivity index (χ1) is 13.7. The van der Waals surface area contributed by atoms with Crippen molar-refractivity contribution in [3.8, 4) is 0 Å². The Morgan fingerprint density at radius 3 is 1.62 bits per heavy atom. The summed E-state index contributed by atoms with van der Waals surface area (Å²) in [7, 11) is 0. The molecule has 0 spiro atoms. The van der Waals surface area contributed by atoms with Gasteiger partial charge in [-0.25, -0.2) is 9.97 Å². The van der Waals surface area contributed by atoms with Crippen LogP contribution in [0.2, 0.25) is 0 Å². The fraction of sp³-hybridized carbons (Fsp3) is 0.478. The molecule has 2 heterocycles. The van der Waals surface area contributed by atoms with Gasteiger partial charge >= 0.3 is 0 Å². The average Bonchev–Trinajstić information content (AvgIpc) is 2.60. The number of aryl methyl sites for hydroxylation is 4. The number of pyridine rings is 2. The van der Waals surface area contributed by atoms with Gasteiger partial charge in [-0.3, -0.25) is 9.59 Å². The van der Waals surface area contributed by atoms with Crippen LogP contribution in [0, 0.1) is 33.1 Å². The number of rotatable bonds is 8. The molecule has 0 bridgehead atoms. The van der Waals surface area contributed by atoms with E-state index >= 15 is 0 Å². The van der Waals surface area contributed by atoms with Gasteiger partial charge in [0.1, 0.15) is 17.1 Å². The highest BCUT2D eigenvalue weighted by atomic mass is 16.2. The van der Waals surface area contributed by atoms with Crippen molar-refractivity contribution in [3.63, 3.8) is 0 Å². The van der Waals surface area contributed by atoms with Gasteiger partial charge in [-0.1, -0.05) is 26.7 Å². The molecule has 156 valence electrons. The van der Waals surface area contributed by atoms with Crippen LogP contribution in [0.5, 0.6) is 0 Å². The molecule has 0 fully saturated rings. The maximum absolute atomic E-state index is 13.3. The molecule has 2 amide bonds. The SMILES string of the molecule is CCCCC(CC)(C(=O)Nc1cc(C)cc(C)n1)C(=O)Nc1cc(C)cc(C)n1. The van der Waals surface area contributed by atoms with Crippen molar-refractivity contribution in [2.75, 3.05) is 10.6 Å². The molecular formula is C23H32N4O2. The van der Waals surface area contributed by atoms with Gasteiger partial charge in [-0.2, -0.15) is 0 Å². The third-order valence-corrected chi connectivity index (χ3v) is 5.11. The molecule has 0 unspecified atom stereocenters. The van der Waals surface area contributed by atoms with Crippen LogP contribution in [0.25, 0.3) is 0 Å². The lowest BCUT2D eigenvalue weighted by molar-refractivity contribution is -0.138. The first-order valence-corrected chi connectivity index (χ1v) is 10.2. The average molecular weight is 397 g/mol. The van der Waals surface area contributed by atoms with E-state index in [4.69, 9.17) is 0 Å². The van der Waals surface area contributed by atoms with Gasteiger partial charge in [-0.15, -0.1) is 0 Å². The summed E-state index contributed by atoms with van der Waals surface area (Å²) in [5.41, 5.74) is 2.47. The Balaban J connectivity index is 2.34. The van der Waals surface area contributed by atoms with E-state index in [0.717, 1.165) is 35.4 Å². The third kappa shape index (κ3) is 5.62. The molecule has 0 saturated carbocycles. The van der Waals surface area contributed by atoms with Gasteiger partial charge in [0.15, 0.2) is 0 Å². The van der Waals surface area contributed by atoms with Crippen molar-refractivity contribution in [3.05, 3.63) is 46.8 Å². The monoisotopic (exact) mass is 396 g/mol. The zero-order valence-corrected chi connectivity index (χ0v) is 18.3. The second kappa shape index (κ2) is 9.63. The fourth-order valence-electron chi connectivity index (χ4n) is 3.59. The fourth-order valence-corrected chi connectivity index (χ4v) is 3.59. The number of carbonyl (C=O) groups excluding carboxylic acids is 2. The second-order valence-electron chi connectivity index (χ2n) is 7.79. The van der Waals surface area contributed by atoms with E-state index in [-0.39, 0.29) is 11.8 Å². The number of carbonyl (C=O) groups is 2. The van der Waals surface area contributed by atoms with Gasteiger partial charge in [0.2, 0.25) is 11.8 Å². The Labute approximate surface area is 173 Å². The van der Waals surface area contributed by atoms with Crippen LogP contribution in [-0.4, -0.2) is 21.8 Å². The van der Waals surface area contributed by atoms with E-state index < -0.39 is 5.41 Å². The molecule has 2 N–H and O–H groups in total. The lowest BCUT2D eigenvalue weighted by Crippen LogP contribution is -2.46. The highest BCUT2D eigenvalue weighted by Gasteiger charge is 2.44. The number of amides is 2. The van der Waals surface area contributed by atoms with Crippen LogP contribution in [0.3, 0.4) is 0 Å². The van der Waals surface area contributed by atoms with Crippen molar-refractivity contribution < 1.29 is 9.59 Å². The van der Waals surface area contributed by atoms with Crippen molar-refractivity contribution in [2.45, 2.75) is 67.2 Å². The molecule has 0 saturated heterocycles. The highest BCUT2D eigenvalue weighted by molar-refractivity contribution is 6.14. The standard InChI is InChI=1S/C23H32N4O2/c1-7-9-10-23(8-2,21(28)26-19-13-15(3)11-17(5)24-19)22(29)27-20-14-16(4)12-18(6)25-20/h11-14H,7-10H2,1-6H3,(H,24,26,28)(H,25,27,29). The van der Waals surface area contributed by atoms with Crippen molar-refractivity contribution in [1.29, 1.82) is 0 Å².